The molecule has 0 aromatic carbocycles. The van der Waals surface area contributed by atoms with Gasteiger partial charge in [-0.3, -0.25) is 9.89 Å². The van der Waals surface area contributed by atoms with Crippen LogP contribution in [0.2, 0.25) is 0 Å². The predicted molar refractivity (Wildman–Crippen MR) is 66.0 cm³/mol. The highest BCUT2D eigenvalue weighted by molar-refractivity contribution is 5.94. The van der Waals surface area contributed by atoms with Gasteiger partial charge in [-0.05, 0) is 33.6 Å². The van der Waals surface area contributed by atoms with Crippen molar-refractivity contribution in [3.05, 3.63) is 17.5 Å². The lowest BCUT2D eigenvalue weighted by atomic mass is 10.2. The van der Waals surface area contributed by atoms with Crippen LogP contribution in [0.1, 0.15) is 42.7 Å². The maximum absolute atomic E-state index is 11.7. The van der Waals surface area contributed by atoms with Crippen LogP contribution in [0.5, 0.6) is 0 Å². The van der Waals surface area contributed by atoms with Crippen LogP contribution in [0.25, 0.3) is 0 Å². The fourth-order valence-corrected chi connectivity index (χ4v) is 1.42. The number of ether oxygens (including phenoxy) is 1. The van der Waals surface area contributed by atoms with E-state index in [1.54, 1.807) is 6.20 Å². The average Bonchev–Trinajstić information content (AvgIpc) is 2.69. The van der Waals surface area contributed by atoms with E-state index in [0.717, 1.165) is 25.1 Å². The molecule has 0 aliphatic rings. The van der Waals surface area contributed by atoms with Crippen LogP contribution in [0.4, 0.5) is 0 Å². The lowest BCUT2D eigenvalue weighted by molar-refractivity contribution is 0.0754. The quantitative estimate of drug-likeness (QED) is 0.711. The summed E-state index contributed by atoms with van der Waals surface area (Å²) in [6.45, 7) is 7.29. The molecule has 1 amide bonds. The minimum absolute atomic E-state index is 0.0685. The van der Waals surface area contributed by atoms with E-state index in [2.05, 4.69) is 15.5 Å². The smallest absolute Gasteiger partial charge is 0.254 e. The first kappa shape index (κ1) is 13.7. The van der Waals surface area contributed by atoms with Gasteiger partial charge >= 0.3 is 0 Å². The molecule has 0 radical (unpaired) electrons. The van der Waals surface area contributed by atoms with E-state index in [9.17, 15) is 4.79 Å². The van der Waals surface area contributed by atoms with Crippen molar-refractivity contribution in [1.29, 1.82) is 0 Å². The summed E-state index contributed by atoms with van der Waals surface area (Å²) in [7, 11) is 0. The number of amides is 1. The van der Waals surface area contributed by atoms with E-state index in [0.29, 0.717) is 12.1 Å². The molecule has 0 atom stereocenters. The van der Waals surface area contributed by atoms with E-state index in [1.165, 1.54) is 0 Å². The molecule has 0 aliphatic carbocycles. The zero-order valence-electron chi connectivity index (χ0n) is 10.7. The molecule has 0 aliphatic heterocycles. The number of nitrogens with zero attached hydrogens (tertiary/aromatic N) is 1. The highest BCUT2D eigenvalue weighted by Crippen LogP contribution is 2.01. The third-order valence-electron chi connectivity index (χ3n) is 2.38. The second-order valence-electron chi connectivity index (χ2n) is 4.29. The van der Waals surface area contributed by atoms with Crippen molar-refractivity contribution >= 4 is 5.91 Å². The molecule has 0 saturated heterocycles. The number of carbonyl (C=O) groups is 1. The van der Waals surface area contributed by atoms with Crippen molar-refractivity contribution in [2.24, 2.45) is 0 Å². The van der Waals surface area contributed by atoms with Crippen LogP contribution < -0.4 is 5.32 Å². The number of unbranched alkanes of at least 4 members (excludes halogenated alkanes) is 1. The third-order valence-corrected chi connectivity index (χ3v) is 2.38. The normalized spacial score (nSPS) is 10.8. The van der Waals surface area contributed by atoms with Crippen LogP contribution in [-0.4, -0.2) is 35.4 Å². The molecule has 17 heavy (non-hydrogen) atoms. The van der Waals surface area contributed by atoms with Crippen LogP contribution in [-0.2, 0) is 4.74 Å². The van der Waals surface area contributed by atoms with Gasteiger partial charge in [0.25, 0.3) is 5.91 Å². The monoisotopic (exact) mass is 239 g/mol. The molecule has 0 saturated carbocycles. The molecule has 1 heterocycles. The van der Waals surface area contributed by atoms with E-state index >= 15 is 0 Å². The Labute approximate surface area is 102 Å². The highest BCUT2D eigenvalue weighted by atomic mass is 16.5. The molecule has 5 nitrogen and oxygen atoms in total. The molecule has 0 spiro atoms. The van der Waals surface area contributed by atoms with Crippen LogP contribution >= 0.6 is 0 Å². The van der Waals surface area contributed by atoms with E-state index in [4.69, 9.17) is 4.74 Å². The minimum atomic E-state index is -0.0685. The lowest BCUT2D eigenvalue weighted by Crippen LogP contribution is -2.25. The number of aryl methyl sites for hydroxylation is 1. The van der Waals surface area contributed by atoms with Crippen molar-refractivity contribution in [2.75, 3.05) is 13.2 Å². The standard InChI is InChI=1S/C12H21N3O2/c1-9(2)17-7-5-4-6-13-12(16)11-8-14-15-10(11)3/h8-9H,4-7H2,1-3H3,(H,13,16)(H,14,15). The Morgan fingerprint density at radius 2 is 2.29 bits per heavy atom. The fourth-order valence-electron chi connectivity index (χ4n) is 1.42. The minimum Gasteiger partial charge on any atom is -0.379 e. The van der Waals surface area contributed by atoms with Crippen LogP contribution in [0, 0.1) is 6.92 Å². The molecular formula is C12H21N3O2. The summed E-state index contributed by atoms with van der Waals surface area (Å²) in [6.07, 6.45) is 3.71. The molecule has 0 bridgehead atoms. The molecule has 96 valence electrons. The Balaban J connectivity index is 2.11. The number of H-pyrrole nitrogens is 1. The second-order valence-corrected chi connectivity index (χ2v) is 4.29. The number of rotatable bonds is 7. The zero-order chi connectivity index (χ0) is 12.7. The van der Waals surface area contributed by atoms with Gasteiger partial charge in [0.15, 0.2) is 0 Å². The Morgan fingerprint density at radius 3 is 2.88 bits per heavy atom. The van der Waals surface area contributed by atoms with Gasteiger partial charge in [0.05, 0.1) is 17.9 Å². The topological polar surface area (TPSA) is 67.0 Å². The first-order valence-corrected chi connectivity index (χ1v) is 6.01. The maximum Gasteiger partial charge on any atom is 0.254 e. The van der Waals surface area contributed by atoms with Crippen molar-refractivity contribution in [3.8, 4) is 0 Å². The summed E-state index contributed by atoms with van der Waals surface area (Å²) < 4.78 is 5.41. The third kappa shape index (κ3) is 4.99. The van der Waals surface area contributed by atoms with E-state index in [1.807, 2.05) is 20.8 Å². The van der Waals surface area contributed by atoms with Gasteiger partial charge in [-0.1, -0.05) is 0 Å². The van der Waals surface area contributed by atoms with Gasteiger partial charge in [0.2, 0.25) is 0 Å². The fraction of sp³-hybridized carbons (Fsp3) is 0.667. The molecular weight excluding hydrogens is 218 g/mol. The summed E-state index contributed by atoms with van der Waals surface area (Å²) in [5.74, 6) is -0.0685. The van der Waals surface area contributed by atoms with Gasteiger partial charge in [0, 0.05) is 18.8 Å². The summed E-state index contributed by atoms with van der Waals surface area (Å²) in [4.78, 5) is 11.7. The number of hydrogen-bond donors (Lipinski definition) is 2. The molecule has 2 N–H and O–H groups in total. The Hall–Kier alpha value is -1.36. The molecule has 5 heteroatoms. The zero-order valence-corrected chi connectivity index (χ0v) is 10.7. The average molecular weight is 239 g/mol. The Bertz CT molecular complexity index is 347. The highest BCUT2D eigenvalue weighted by Gasteiger charge is 2.09. The van der Waals surface area contributed by atoms with Gasteiger partial charge in [0.1, 0.15) is 0 Å². The predicted octanol–water partition coefficient (Wildman–Crippen LogP) is 1.65. The lowest BCUT2D eigenvalue weighted by Gasteiger charge is -2.07. The van der Waals surface area contributed by atoms with Crippen molar-refractivity contribution < 1.29 is 9.53 Å². The first-order chi connectivity index (χ1) is 8.11. The molecule has 1 aromatic heterocycles. The summed E-state index contributed by atoms with van der Waals surface area (Å²) in [5.41, 5.74) is 1.41. The summed E-state index contributed by atoms with van der Waals surface area (Å²) >= 11 is 0. The van der Waals surface area contributed by atoms with Crippen LogP contribution in [0.3, 0.4) is 0 Å². The molecule has 1 aromatic rings. The van der Waals surface area contributed by atoms with Crippen LogP contribution in [0.15, 0.2) is 6.20 Å². The Morgan fingerprint density at radius 1 is 1.53 bits per heavy atom. The number of aromatic amines is 1. The van der Waals surface area contributed by atoms with Gasteiger partial charge in [-0.2, -0.15) is 5.10 Å². The molecule has 0 fully saturated rings. The number of aromatic nitrogens is 2. The number of carbonyl (C=O) groups excluding carboxylic acids is 1. The summed E-state index contributed by atoms with van der Waals surface area (Å²) in [6, 6.07) is 0. The summed E-state index contributed by atoms with van der Waals surface area (Å²) in [5, 5.41) is 9.42. The number of hydrogen-bond acceptors (Lipinski definition) is 3. The van der Waals surface area contributed by atoms with Crippen molar-refractivity contribution in [2.45, 2.75) is 39.7 Å². The Kier molecular flexibility index (Phi) is 5.69. The maximum atomic E-state index is 11.7. The second kappa shape index (κ2) is 7.06. The van der Waals surface area contributed by atoms with Crippen molar-refractivity contribution in [1.82, 2.24) is 15.5 Å². The number of nitrogens with one attached hydrogen (secondary N) is 2. The van der Waals surface area contributed by atoms with Crippen molar-refractivity contribution in [3.63, 3.8) is 0 Å². The van der Waals surface area contributed by atoms with E-state index in [-0.39, 0.29) is 12.0 Å². The van der Waals surface area contributed by atoms with E-state index < -0.39 is 0 Å². The van der Waals surface area contributed by atoms with Gasteiger partial charge in [-0.25, -0.2) is 0 Å². The van der Waals surface area contributed by atoms with Gasteiger partial charge < -0.3 is 10.1 Å². The largest absolute Gasteiger partial charge is 0.379 e. The SMILES string of the molecule is Cc1[nH]ncc1C(=O)NCCCCOC(C)C. The molecule has 1 rings (SSSR count). The van der Waals surface area contributed by atoms with Gasteiger partial charge in [-0.15, -0.1) is 0 Å². The first-order valence-electron chi connectivity index (χ1n) is 6.01. The molecule has 0 unspecified atom stereocenters.